The summed E-state index contributed by atoms with van der Waals surface area (Å²) in [5.74, 6) is -0.583. The van der Waals surface area contributed by atoms with E-state index in [1.54, 1.807) is 38.2 Å². The average molecular weight is 498 g/mol. The summed E-state index contributed by atoms with van der Waals surface area (Å²) in [6.45, 7) is 7.43. The molecule has 3 atom stereocenters. The summed E-state index contributed by atoms with van der Waals surface area (Å²) in [5, 5.41) is 3.01. The first-order chi connectivity index (χ1) is 16.7. The molecule has 3 unspecified atom stereocenters. The van der Waals surface area contributed by atoms with Gasteiger partial charge in [-0.3, -0.25) is 9.36 Å². The number of benzene rings is 2. The number of nitrogens with one attached hydrogen (secondary N) is 2. The molecule has 1 heterocycles. The molecule has 1 aromatic heterocycles. The van der Waals surface area contributed by atoms with Gasteiger partial charge in [0.05, 0.1) is 16.1 Å². The minimum absolute atomic E-state index is 0.103. The molecule has 1 aliphatic carbocycles. The van der Waals surface area contributed by atoms with E-state index in [1.165, 1.54) is 22.8 Å². The van der Waals surface area contributed by atoms with Crippen LogP contribution in [0, 0.1) is 18.6 Å². The summed E-state index contributed by atoms with van der Waals surface area (Å²) in [6.07, 6.45) is 3.48. The number of hydrogen-bond acceptors (Lipinski definition) is 3. The van der Waals surface area contributed by atoms with Crippen LogP contribution in [0.3, 0.4) is 0 Å². The molecule has 5 nitrogen and oxygen atoms in total. The van der Waals surface area contributed by atoms with Gasteiger partial charge < -0.3 is 10.0 Å². The van der Waals surface area contributed by atoms with Crippen molar-refractivity contribution >= 4 is 28.2 Å². The second-order valence-corrected chi connectivity index (χ2v) is 10.5. The van der Waals surface area contributed by atoms with E-state index in [-0.39, 0.29) is 23.0 Å². The van der Waals surface area contributed by atoms with Crippen molar-refractivity contribution in [3.8, 4) is 0 Å². The maximum absolute atomic E-state index is 14.7. The zero-order valence-corrected chi connectivity index (χ0v) is 20.8. The van der Waals surface area contributed by atoms with Crippen molar-refractivity contribution in [3.05, 3.63) is 99.9 Å². The Balaban J connectivity index is 1.68. The van der Waals surface area contributed by atoms with Crippen molar-refractivity contribution < 1.29 is 13.0 Å². The van der Waals surface area contributed by atoms with E-state index in [0.29, 0.717) is 36.3 Å². The van der Waals surface area contributed by atoms with Gasteiger partial charge >= 0.3 is 0 Å². The quantitative estimate of drug-likeness (QED) is 0.364. The van der Waals surface area contributed by atoms with Gasteiger partial charge in [0.25, 0.3) is 5.56 Å². The molecule has 0 aliphatic heterocycles. The molecule has 184 valence electrons. The Morgan fingerprint density at radius 3 is 2.63 bits per heavy atom. The maximum Gasteiger partial charge on any atom is 0.254 e. The lowest BCUT2D eigenvalue weighted by molar-refractivity contribution is 0.624. The Labute approximate surface area is 206 Å². The topological polar surface area (TPSA) is 63.1 Å². The van der Waals surface area contributed by atoms with Crippen molar-refractivity contribution in [2.75, 3.05) is 10.0 Å². The van der Waals surface area contributed by atoms with Gasteiger partial charge in [-0.1, -0.05) is 31.2 Å². The third kappa shape index (κ3) is 4.80. The number of nitrogens with zero attached hydrogens (tertiary/aromatic N) is 1. The van der Waals surface area contributed by atoms with Crippen LogP contribution in [0.4, 0.5) is 26.0 Å². The Kier molecular flexibility index (Phi) is 6.94. The first kappa shape index (κ1) is 24.9. The molecule has 2 aromatic carbocycles. The van der Waals surface area contributed by atoms with Gasteiger partial charge in [-0.25, -0.2) is 13.0 Å². The predicted molar refractivity (Wildman–Crippen MR) is 139 cm³/mol. The predicted octanol–water partition coefficient (Wildman–Crippen LogP) is 5.86. The van der Waals surface area contributed by atoms with Crippen molar-refractivity contribution in [2.24, 2.45) is 7.05 Å². The molecular weight excluding hydrogens is 468 g/mol. The van der Waals surface area contributed by atoms with Crippen LogP contribution in [0.15, 0.2) is 66.0 Å². The van der Waals surface area contributed by atoms with E-state index in [1.807, 2.05) is 19.1 Å². The van der Waals surface area contributed by atoms with Crippen LogP contribution in [0.2, 0.25) is 0 Å². The van der Waals surface area contributed by atoms with E-state index >= 15 is 0 Å². The number of anilines is 3. The van der Waals surface area contributed by atoms with E-state index in [2.05, 4.69) is 16.6 Å². The van der Waals surface area contributed by atoms with E-state index in [4.69, 9.17) is 0 Å². The van der Waals surface area contributed by atoms with Gasteiger partial charge in [-0.15, -0.1) is 6.58 Å². The summed E-state index contributed by atoms with van der Waals surface area (Å²) in [7, 11) is -0.0224. The van der Waals surface area contributed by atoms with Crippen LogP contribution in [0.5, 0.6) is 0 Å². The largest absolute Gasteiger partial charge is 0.337 e. The number of aromatic nitrogens is 1. The Hall–Kier alpha value is -3.26. The zero-order chi connectivity index (χ0) is 25.3. The molecule has 0 radical (unpaired) electrons. The highest BCUT2D eigenvalue weighted by molar-refractivity contribution is 7.88. The number of hydrogen-bond donors (Lipinski definition) is 2. The third-order valence-electron chi connectivity index (χ3n) is 6.63. The molecule has 0 amide bonds. The number of halogens is 2. The normalized spacial score (nSPS) is 19.7. The van der Waals surface area contributed by atoms with Crippen molar-refractivity contribution in [1.82, 2.24) is 4.57 Å². The fourth-order valence-electron chi connectivity index (χ4n) is 4.51. The summed E-state index contributed by atoms with van der Waals surface area (Å²) in [5.41, 5.74) is 2.47. The van der Waals surface area contributed by atoms with Gasteiger partial charge in [0.2, 0.25) is 0 Å². The molecule has 35 heavy (non-hydrogen) atoms. The fourth-order valence-corrected chi connectivity index (χ4v) is 6.05. The number of pyridine rings is 1. The highest BCUT2D eigenvalue weighted by Gasteiger charge is 2.59. The molecule has 4 rings (SSSR count). The molecule has 1 aliphatic rings. The minimum atomic E-state index is -1.60. The van der Waals surface area contributed by atoms with Crippen LogP contribution in [-0.4, -0.2) is 13.5 Å². The maximum atomic E-state index is 14.7. The Morgan fingerprint density at radius 1 is 1.20 bits per heavy atom. The number of allylic oxidation sites excluding steroid dienone is 1. The van der Waals surface area contributed by atoms with Crippen molar-refractivity contribution in [2.45, 2.75) is 43.8 Å². The molecule has 1 fully saturated rings. The lowest BCUT2D eigenvalue weighted by atomic mass is 10.1. The molecule has 0 bridgehead atoms. The van der Waals surface area contributed by atoms with Gasteiger partial charge in [-0.05, 0) is 67.6 Å². The lowest BCUT2D eigenvalue weighted by Gasteiger charge is -2.21. The zero-order valence-electron chi connectivity index (χ0n) is 20.0. The summed E-state index contributed by atoms with van der Waals surface area (Å²) in [6, 6.07) is 12.8. The number of rotatable bonds is 9. The Morgan fingerprint density at radius 2 is 1.97 bits per heavy atom. The van der Waals surface area contributed by atoms with Gasteiger partial charge in [0.1, 0.15) is 28.4 Å². The second-order valence-electron chi connectivity index (χ2n) is 8.99. The van der Waals surface area contributed by atoms with E-state index < -0.39 is 21.5 Å². The Bertz CT molecular complexity index is 1370. The summed E-state index contributed by atoms with van der Waals surface area (Å²) >= 11 is 0. The van der Waals surface area contributed by atoms with Crippen LogP contribution in [0.1, 0.15) is 42.4 Å². The monoisotopic (exact) mass is 497 g/mol. The molecule has 2 N–H and O–H groups in total. The molecule has 3 aromatic rings. The lowest BCUT2D eigenvalue weighted by Crippen LogP contribution is -2.28. The van der Waals surface area contributed by atoms with E-state index in [0.717, 1.165) is 11.1 Å². The average Bonchev–Trinajstić information content (AvgIpc) is 3.57. The van der Waals surface area contributed by atoms with E-state index in [9.17, 15) is 17.8 Å². The summed E-state index contributed by atoms with van der Waals surface area (Å²) < 4.78 is 46.0. The van der Waals surface area contributed by atoms with Crippen LogP contribution >= 0.6 is 0 Å². The molecule has 1 saturated carbocycles. The van der Waals surface area contributed by atoms with Crippen molar-refractivity contribution in [3.63, 3.8) is 0 Å². The summed E-state index contributed by atoms with van der Waals surface area (Å²) in [4.78, 5) is 12.7. The second kappa shape index (κ2) is 9.77. The first-order valence-corrected chi connectivity index (χ1v) is 12.7. The van der Waals surface area contributed by atoms with Crippen LogP contribution in [-0.2, 0) is 24.5 Å². The smallest absolute Gasteiger partial charge is 0.254 e. The number of aryl methyl sites for hydroxylation is 2. The molecular formula is C27H29F2N3O2S. The van der Waals surface area contributed by atoms with Crippen LogP contribution in [0.25, 0.3) is 0 Å². The third-order valence-corrected chi connectivity index (χ3v) is 8.39. The fraction of sp³-hybridized carbons (Fsp3) is 0.296. The first-order valence-electron chi connectivity index (χ1n) is 11.5. The SMILES string of the molecule is C=CCC1(S(=O)Nc2cc(C)c(=O)n(C)c2Nc2ccc(CC)cc2F)CC1c1cccc(F)c1. The molecule has 8 heteroatoms. The molecule has 0 saturated heterocycles. The van der Waals surface area contributed by atoms with Crippen LogP contribution < -0.4 is 15.6 Å². The van der Waals surface area contributed by atoms with Crippen molar-refractivity contribution in [1.29, 1.82) is 0 Å². The van der Waals surface area contributed by atoms with Gasteiger partial charge in [0.15, 0.2) is 0 Å². The van der Waals surface area contributed by atoms with Gasteiger partial charge in [-0.2, -0.15) is 0 Å². The molecule has 0 spiro atoms. The standard InChI is InChI=1S/C27H29F2N3O2S/c1-5-12-27(16-21(27)19-8-7-9-20(28)15-19)35(34)31-24-13-17(3)26(33)32(4)25(24)30-23-11-10-18(6-2)14-22(23)29/h5,7-11,13-15,21,30-31H,1,6,12,16H2,2-4H3. The minimum Gasteiger partial charge on any atom is -0.337 e. The highest BCUT2D eigenvalue weighted by atomic mass is 32.2. The van der Waals surface area contributed by atoms with Gasteiger partial charge in [0, 0.05) is 18.5 Å². The highest BCUT2D eigenvalue weighted by Crippen LogP contribution is 2.58.